The highest BCUT2D eigenvalue weighted by Crippen LogP contribution is 2.22. The van der Waals surface area contributed by atoms with Crippen LogP contribution in [-0.2, 0) is 7.05 Å². The molecule has 0 spiro atoms. The van der Waals surface area contributed by atoms with Crippen LogP contribution in [-0.4, -0.2) is 20.8 Å². The Balaban J connectivity index is 2.58. The first-order chi connectivity index (χ1) is 9.51. The van der Waals surface area contributed by atoms with Crippen LogP contribution in [0.1, 0.15) is 15.9 Å². The molecular formula is C14H11N3O3. The highest BCUT2D eigenvalue weighted by atomic mass is 16.2. The van der Waals surface area contributed by atoms with E-state index in [9.17, 15) is 14.4 Å². The Bertz CT molecular complexity index is 937. The smallest absolute Gasteiger partial charge is 0.278 e. The highest BCUT2D eigenvalue weighted by Gasteiger charge is 2.15. The van der Waals surface area contributed by atoms with Crippen molar-refractivity contribution in [2.24, 2.45) is 7.05 Å². The van der Waals surface area contributed by atoms with Crippen LogP contribution >= 0.6 is 0 Å². The first-order valence-electron chi connectivity index (χ1n) is 6.01. The minimum atomic E-state index is -0.512. The summed E-state index contributed by atoms with van der Waals surface area (Å²) < 4.78 is 1.70. The molecule has 0 bridgehead atoms. The fourth-order valence-corrected chi connectivity index (χ4v) is 2.31. The van der Waals surface area contributed by atoms with E-state index in [2.05, 4.69) is 9.97 Å². The second-order valence-electron chi connectivity index (χ2n) is 4.68. The number of hydrogen-bond acceptors (Lipinski definition) is 4. The molecule has 2 aliphatic rings. The number of nitrogens with zero attached hydrogens (tertiary/aromatic N) is 2. The molecule has 0 amide bonds. The maximum absolute atomic E-state index is 11.8. The third kappa shape index (κ3) is 1.65. The van der Waals surface area contributed by atoms with Gasteiger partial charge in [0.1, 0.15) is 6.29 Å². The fourth-order valence-electron chi connectivity index (χ4n) is 2.31. The van der Waals surface area contributed by atoms with Crippen molar-refractivity contribution in [2.45, 2.75) is 6.92 Å². The minimum absolute atomic E-state index is 0.206. The summed E-state index contributed by atoms with van der Waals surface area (Å²) in [6, 6.07) is 4.78. The van der Waals surface area contributed by atoms with Crippen molar-refractivity contribution in [1.29, 1.82) is 0 Å². The number of carbonyl (C=O) groups is 1. The number of aromatic amines is 1. The van der Waals surface area contributed by atoms with E-state index in [1.807, 2.05) is 0 Å². The van der Waals surface area contributed by atoms with Crippen LogP contribution in [0, 0.1) is 6.92 Å². The van der Waals surface area contributed by atoms with Gasteiger partial charge in [-0.1, -0.05) is 0 Å². The molecule has 0 aromatic heterocycles. The molecule has 0 saturated carbocycles. The van der Waals surface area contributed by atoms with Crippen molar-refractivity contribution < 1.29 is 4.79 Å². The maximum Gasteiger partial charge on any atom is 0.278 e. The Kier molecular flexibility index (Phi) is 2.53. The van der Waals surface area contributed by atoms with Crippen LogP contribution < -0.4 is 11.1 Å². The Morgan fingerprint density at radius 2 is 2.00 bits per heavy atom. The Morgan fingerprint density at radius 3 is 2.70 bits per heavy atom. The third-order valence-electron chi connectivity index (χ3n) is 3.41. The number of hydrogen-bond donors (Lipinski definition) is 1. The number of H-pyrrole nitrogens is 1. The lowest BCUT2D eigenvalue weighted by Gasteiger charge is -2.14. The van der Waals surface area contributed by atoms with E-state index in [1.54, 1.807) is 30.7 Å². The summed E-state index contributed by atoms with van der Waals surface area (Å²) in [4.78, 5) is 40.7. The highest BCUT2D eigenvalue weighted by molar-refractivity contribution is 5.88. The zero-order chi connectivity index (χ0) is 14.4. The molecule has 0 saturated heterocycles. The number of carbonyl (C=O) groups excluding carboxylic acids is 1. The molecule has 0 radical (unpaired) electrons. The molecule has 2 heterocycles. The lowest BCUT2D eigenvalue weighted by atomic mass is 10.1. The molecule has 0 unspecified atom stereocenters. The Hall–Kier alpha value is -2.76. The number of fused-ring (bicyclic) bond motifs is 2. The zero-order valence-corrected chi connectivity index (χ0v) is 10.9. The summed E-state index contributed by atoms with van der Waals surface area (Å²) >= 11 is 0. The van der Waals surface area contributed by atoms with Crippen molar-refractivity contribution >= 4 is 17.3 Å². The zero-order valence-electron chi connectivity index (χ0n) is 10.9. The number of benzene rings is 1. The largest absolute Gasteiger partial charge is 0.341 e. The molecule has 0 fully saturated rings. The van der Waals surface area contributed by atoms with Gasteiger partial charge >= 0.3 is 0 Å². The van der Waals surface area contributed by atoms with Crippen LogP contribution in [0.2, 0.25) is 0 Å². The Labute approximate surface area is 113 Å². The molecule has 1 aromatic rings. The second kappa shape index (κ2) is 4.12. The van der Waals surface area contributed by atoms with Gasteiger partial charge in [0.2, 0.25) is 0 Å². The molecular weight excluding hydrogens is 258 g/mol. The predicted molar refractivity (Wildman–Crippen MR) is 74.4 cm³/mol. The molecule has 20 heavy (non-hydrogen) atoms. The topological polar surface area (TPSA) is 84.8 Å². The fraction of sp³-hybridized carbons (Fsp3) is 0.143. The standard InChI is InChI=1S/C14H11N3O3/c1-7-3-9-10(4-8(7)6-18)17(2)11-5-12(19)16-14(20)13(11)15-9/h3-6H,1-2H3,(H,16,19,20). The SMILES string of the molecule is Cc1cc2nc3c(=O)[nH]c(=O)cc-3n(C)c2cc1C=O. The lowest BCUT2D eigenvalue weighted by Crippen LogP contribution is -2.24. The van der Waals surface area contributed by atoms with Gasteiger partial charge in [0.25, 0.3) is 11.1 Å². The molecule has 6 heteroatoms. The van der Waals surface area contributed by atoms with Gasteiger partial charge in [0.15, 0.2) is 5.69 Å². The van der Waals surface area contributed by atoms with Crippen molar-refractivity contribution in [1.82, 2.24) is 14.5 Å². The molecule has 100 valence electrons. The van der Waals surface area contributed by atoms with Gasteiger partial charge < -0.3 is 4.57 Å². The van der Waals surface area contributed by atoms with Gasteiger partial charge in [0, 0.05) is 18.7 Å². The van der Waals surface area contributed by atoms with E-state index < -0.39 is 11.1 Å². The third-order valence-corrected chi connectivity index (χ3v) is 3.41. The van der Waals surface area contributed by atoms with Crippen LogP contribution in [0.25, 0.3) is 22.4 Å². The second-order valence-corrected chi connectivity index (χ2v) is 4.68. The minimum Gasteiger partial charge on any atom is -0.341 e. The van der Waals surface area contributed by atoms with Crippen molar-refractivity contribution in [2.75, 3.05) is 0 Å². The van der Waals surface area contributed by atoms with E-state index in [1.165, 1.54) is 6.07 Å². The molecule has 1 aromatic carbocycles. The summed E-state index contributed by atoms with van der Waals surface area (Å²) in [5, 5.41) is 0. The molecule has 0 aliphatic carbocycles. The van der Waals surface area contributed by atoms with Gasteiger partial charge in [-0.25, -0.2) is 4.98 Å². The van der Waals surface area contributed by atoms with Crippen molar-refractivity contribution in [3.05, 3.63) is 50.0 Å². The number of nitrogens with one attached hydrogen (secondary N) is 1. The van der Waals surface area contributed by atoms with E-state index in [0.717, 1.165) is 11.8 Å². The van der Waals surface area contributed by atoms with Gasteiger partial charge in [-0.05, 0) is 24.6 Å². The number of aryl methyl sites for hydroxylation is 2. The molecule has 2 aliphatic heterocycles. The van der Waals surface area contributed by atoms with Crippen molar-refractivity contribution in [3.8, 4) is 11.4 Å². The summed E-state index contributed by atoms with van der Waals surface area (Å²) in [6.45, 7) is 1.81. The van der Waals surface area contributed by atoms with E-state index in [-0.39, 0.29) is 5.69 Å². The average Bonchev–Trinajstić information content (AvgIpc) is 2.40. The lowest BCUT2D eigenvalue weighted by molar-refractivity contribution is 0.112. The summed E-state index contributed by atoms with van der Waals surface area (Å²) in [7, 11) is 1.73. The summed E-state index contributed by atoms with van der Waals surface area (Å²) in [5.74, 6) is 0. The van der Waals surface area contributed by atoms with Crippen LogP contribution in [0.4, 0.5) is 0 Å². The molecule has 3 rings (SSSR count). The van der Waals surface area contributed by atoms with E-state index in [0.29, 0.717) is 22.3 Å². The Morgan fingerprint density at radius 1 is 1.25 bits per heavy atom. The first-order valence-corrected chi connectivity index (χ1v) is 6.01. The number of rotatable bonds is 1. The van der Waals surface area contributed by atoms with Gasteiger partial charge in [-0.2, -0.15) is 0 Å². The maximum atomic E-state index is 11.8. The van der Waals surface area contributed by atoms with Gasteiger partial charge in [-0.15, -0.1) is 0 Å². The summed E-state index contributed by atoms with van der Waals surface area (Å²) in [5.41, 5.74) is 2.30. The number of pyridine rings is 1. The molecule has 6 nitrogen and oxygen atoms in total. The van der Waals surface area contributed by atoms with Crippen LogP contribution in [0.5, 0.6) is 0 Å². The normalized spacial score (nSPS) is 11.1. The summed E-state index contributed by atoms with van der Waals surface area (Å²) in [6.07, 6.45) is 0.774. The van der Waals surface area contributed by atoms with Crippen molar-refractivity contribution in [3.63, 3.8) is 0 Å². The average molecular weight is 269 g/mol. The monoisotopic (exact) mass is 269 g/mol. The van der Waals surface area contributed by atoms with E-state index >= 15 is 0 Å². The first kappa shape index (κ1) is 12.3. The van der Waals surface area contributed by atoms with Crippen LogP contribution in [0.3, 0.4) is 0 Å². The van der Waals surface area contributed by atoms with E-state index in [4.69, 9.17) is 0 Å². The van der Waals surface area contributed by atoms with Crippen LogP contribution in [0.15, 0.2) is 27.8 Å². The number of aldehydes is 1. The quantitative estimate of drug-likeness (QED) is 0.524. The molecule has 1 N–H and O–H groups in total. The molecule has 0 atom stereocenters. The van der Waals surface area contributed by atoms with Gasteiger partial charge in [0.05, 0.1) is 16.7 Å². The number of aromatic nitrogens is 3. The predicted octanol–water partition coefficient (Wildman–Crippen LogP) is 0.848. The van der Waals surface area contributed by atoms with Gasteiger partial charge in [-0.3, -0.25) is 19.4 Å².